The number of nitrogens with zero attached hydrogens (tertiary/aromatic N) is 2. The lowest BCUT2D eigenvalue weighted by Crippen LogP contribution is -2.42. The number of nitrogens with one attached hydrogen (secondary N) is 1. The number of para-hydroxylation sites is 1. The standard InChI is InChI=1S/C23H23N3O4/c27-22(20-15-21(30-25-20)18-7-3-1-4-8-18)24-16-17-11-13-26(14-12-17)23(28)29-19-9-5-2-6-10-19/h1-10,15,17H,11-14,16H2,(H,24,27). The minimum Gasteiger partial charge on any atom is -0.410 e. The Balaban J connectivity index is 1.22. The van der Waals surface area contributed by atoms with Crippen molar-refractivity contribution in [3.8, 4) is 17.1 Å². The number of benzene rings is 2. The van der Waals surface area contributed by atoms with Crippen molar-refractivity contribution in [2.75, 3.05) is 19.6 Å². The number of rotatable bonds is 5. The van der Waals surface area contributed by atoms with Crippen LogP contribution in [0.25, 0.3) is 11.3 Å². The van der Waals surface area contributed by atoms with Crippen LogP contribution in [0.5, 0.6) is 5.75 Å². The molecule has 1 fully saturated rings. The molecule has 2 amide bonds. The molecule has 0 bridgehead atoms. The maximum atomic E-state index is 12.4. The molecule has 0 aliphatic carbocycles. The first-order chi connectivity index (χ1) is 14.7. The van der Waals surface area contributed by atoms with E-state index in [0.29, 0.717) is 37.1 Å². The van der Waals surface area contributed by atoms with Crippen molar-refractivity contribution in [1.82, 2.24) is 15.4 Å². The Morgan fingerprint density at radius 1 is 1.03 bits per heavy atom. The summed E-state index contributed by atoms with van der Waals surface area (Å²) in [5.74, 6) is 1.15. The molecule has 1 saturated heterocycles. The Morgan fingerprint density at radius 2 is 1.70 bits per heavy atom. The minimum atomic E-state index is -0.334. The first-order valence-electron chi connectivity index (χ1n) is 10.0. The summed E-state index contributed by atoms with van der Waals surface area (Å²) in [5.41, 5.74) is 1.14. The van der Waals surface area contributed by atoms with E-state index in [9.17, 15) is 9.59 Å². The number of likely N-dealkylation sites (tertiary alicyclic amines) is 1. The molecule has 1 aliphatic rings. The number of hydrogen-bond acceptors (Lipinski definition) is 5. The van der Waals surface area contributed by atoms with E-state index in [-0.39, 0.29) is 17.7 Å². The molecule has 3 aromatic rings. The van der Waals surface area contributed by atoms with E-state index in [4.69, 9.17) is 9.26 Å². The second-order valence-electron chi connectivity index (χ2n) is 7.26. The van der Waals surface area contributed by atoms with Crippen LogP contribution in [0.2, 0.25) is 0 Å². The van der Waals surface area contributed by atoms with Gasteiger partial charge in [0.15, 0.2) is 11.5 Å². The number of amides is 2. The second kappa shape index (κ2) is 9.26. The highest BCUT2D eigenvalue weighted by Crippen LogP contribution is 2.21. The third-order valence-electron chi connectivity index (χ3n) is 5.17. The summed E-state index contributed by atoms with van der Waals surface area (Å²) in [4.78, 5) is 26.4. The molecule has 1 N–H and O–H groups in total. The Labute approximate surface area is 174 Å². The van der Waals surface area contributed by atoms with Crippen molar-refractivity contribution in [2.24, 2.45) is 5.92 Å². The van der Waals surface area contributed by atoms with E-state index in [1.807, 2.05) is 48.5 Å². The van der Waals surface area contributed by atoms with Gasteiger partial charge in [-0.2, -0.15) is 0 Å². The first-order valence-corrected chi connectivity index (χ1v) is 10.0. The average molecular weight is 405 g/mol. The number of piperidine rings is 1. The van der Waals surface area contributed by atoms with Crippen molar-refractivity contribution in [2.45, 2.75) is 12.8 Å². The highest BCUT2D eigenvalue weighted by Gasteiger charge is 2.25. The SMILES string of the molecule is O=C(NCC1CCN(C(=O)Oc2ccccc2)CC1)c1cc(-c2ccccc2)on1. The number of carbonyl (C=O) groups is 2. The Bertz CT molecular complexity index is 980. The zero-order valence-electron chi connectivity index (χ0n) is 16.5. The summed E-state index contributed by atoms with van der Waals surface area (Å²) in [5, 5.41) is 6.80. The Kier molecular flexibility index (Phi) is 6.08. The molecule has 0 saturated carbocycles. The van der Waals surface area contributed by atoms with Gasteiger partial charge in [0, 0.05) is 31.3 Å². The second-order valence-corrected chi connectivity index (χ2v) is 7.26. The summed E-state index contributed by atoms with van der Waals surface area (Å²) >= 11 is 0. The highest BCUT2D eigenvalue weighted by atomic mass is 16.6. The summed E-state index contributed by atoms with van der Waals surface area (Å²) in [6, 6.07) is 20.2. The fourth-order valence-electron chi connectivity index (χ4n) is 3.42. The largest absolute Gasteiger partial charge is 0.415 e. The molecule has 1 aliphatic heterocycles. The predicted octanol–water partition coefficient (Wildman–Crippen LogP) is 3.98. The van der Waals surface area contributed by atoms with Gasteiger partial charge in [-0.25, -0.2) is 4.79 Å². The van der Waals surface area contributed by atoms with E-state index in [0.717, 1.165) is 18.4 Å². The van der Waals surface area contributed by atoms with Crippen LogP contribution in [-0.2, 0) is 0 Å². The third kappa shape index (κ3) is 4.86. The van der Waals surface area contributed by atoms with Gasteiger partial charge in [-0.05, 0) is 30.9 Å². The lowest BCUT2D eigenvalue weighted by molar-refractivity contribution is 0.0922. The Hall–Kier alpha value is -3.61. The normalized spacial score (nSPS) is 14.3. The monoisotopic (exact) mass is 405 g/mol. The van der Waals surface area contributed by atoms with Crippen molar-refractivity contribution >= 4 is 12.0 Å². The molecule has 2 heterocycles. The summed E-state index contributed by atoms with van der Waals surface area (Å²) in [7, 11) is 0. The molecule has 7 nitrogen and oxygen atoms in total. The van der Waals surface area contributed by atoms with Gasteiger partial charge >= 0.3 is 6.09 Å². The smallest absolute Gasteiger partial charge is 0.410 e. The fourth-order valence-corrected chi connectivity index (χ4v) is 3.42. The molecule has 154 valence electrons. The van der Waals surface area contributed by atoms with Crippen LogP contribution >= 0.6 is 0 Å². The van der Waals surface area contributed by atoms with E-state index < -0.39 is 0 Å². The van der Waals surface area contributed by atoms with Crippen LogP contribution in [0.1, 0.15) is 23.3 Å². The van der Waals surface area contributed by atoms with Gasteiger partial charge in [0.05, 0.1) is 0 Å². The minimum absolute atomic E-state index is 0.258. The average Bonchev–Trinajstić information content (AvgIpc) is 3.30. The molecule has 2 aromatic carbocycles. The van der Waals surface area contributed by atoms with E-state index in [2.05, 4.69) is 10.5 Å². The van der Waals surface area contributed by atoms with Crippen LogP contribution in [0.4, 0.5) is 4.79 Å². The van der Waals surface area contributed by atoms with Crippen LogP contribution < -0.4 is 10.1 Å². The topological polar surface area (TPSA) is 84.7 Å². The van der Waals surface area contributed by atoms with Gasteiger partial charge in [-0.3, -0.25) is 4.79 Å². The van der Waals surface area contributed by atoms with Gasteiger partial charge in [0.2, 0.25) is 0 Å². The highest BCUT2D eigenvalue weighted by molar-refractivity contribution is 5.93. The predicted molar refractivity (Wildman–Crippen MR) is 111 cm³/mol. The number of hydrogen-bond donors (Lipinski definition) is 1. The lowest BCUT2D eigenvalue weighted by atomic mass is 9.97. The van der Waals surface area contributed by atoms with Gasteiger partial charge in [0.1, 0.15) is 5.75 Å². The third-order valence-corrected chi connectivity index (χ3v) is 5.17. The van der Waals surface area contributed by atoms with Gasteiger partial charge in [0.25, 0.3) is 5.91 Å². The first kappa shape index (κ1) is 19.7. The molecule has 4 rings (SSSR count). The van der Waals surface area contributed by atoms with Gasteiger partial charge in [-0.1, -0.05) is 53.7 Å². The van der Waals surface area contributed by atoms with Crippen molar-refractivity contribution in [3.05, 3.63) is 72.4 Å². The van der Waals surface area contributed by atoms with E-state index in [1.54, 1.807) is 23.1 Å². The van der Waals surface area contributed by atoms with Crippen molar-refractivity contribution in [1.29, 1.82) is 0 Å². The van der Waals surface area contributed by atoms with Crippen molar-refractivity contribution < 1.29 is 18.8 Å². The maximum absolute atomic E-state index is 12.4. The van der Waals surface area contributed by atoms with Gasteiger partial charge < -0.3 is 19.5 Å². The molecule has 1 aromatic heterocycles. The fraction of sp³-hybridized carbons (Fsp3) is 0.261. The quantitative estimate of drug-likeness (QED) is 0.694. The number of carbonyl (C=O) groups excluding carboxylic acids is 2. The van der Waals surface area contributed by atoms with Crippen molar-refractivity contribution in [3.63, 3.8) is 0 Å². The van der Waals surface area contributed by atoms with Crippen LogP contribution in [-0.4, -0.2) is 41.7 Å². The van der Waals surface area contributed by atoms with Gasteiger partial charge in [-0.15, -0.1) is 0 Å². The molecule has 0 unspecified atom stereocenters. The Morgan fingerprint density at radius 3 is 2.40 bits per heavy atom. The van der Waals surface area contributed by atoms with Crippen LogP contribution in [0.15, 0.2) is 71.3 Å². The summed E-state index contributed by atoms with van der Waals surface area (Å²) in [6.45, 7) is 1.75. The molecular formula is C23H23N3O4. The molecule has 0 radical (unpaired) electrons. The summed E-state index contributed by atoms with van der Waals surface area (Å²) < 4.78 is 10.7. The number of ether oxygens (including phenoxy) is 1. The lowest BCUT2D eigenvalue weighted by Gasteiger charge is -2.31. The van der Waals surface area contributed by atoms with E-state index in [1.165, 1.54) is 0 Å². The van der Waals surface area contributed by atoms with Crippen LogP contribution in [0, 0.1) is 5.92 Å². The maximum Gasteiger partial charge on any atom is 0.415 e. The zero-order chi connectivity index (χ0) is 20.8. The molecule has 0 spiro atoms. The number of aromatic nitrogens is 1. The van der Waals surface area contributed by atoms with E-state index >= 15 is 0 Å². The zero-order valence-corrected chi connectivity index (χ0v) is 16.5. The molecule has 30 heavy (non-hydrogen) atoms. The molecular weight excluding hydrogens is 382 g/mol. The van der Waals surface area contributed by atoms with Crippen LogP contribution in [0.3, 0.4) is 0 Å². The summed E-state index contributed by atoms with van der Waals surface area (Å²) in [6.07, 6.45) is 1.27. The molecule has 0 atom stereocenters. The molecule has 7 heteroatoms.